The third-order valence-corrected chi connectivity index (χ3v) is 6.42. The maximum Gasteiger partial charge on any atom is 0.244 e. The number of nitrogens with zero attached hydrogens (tertiary/aromatic N) is 1. The van der Waals surface area contributed by atoms with Crippen LogP contribution in [0.2, 0.25) is 0 Å². The lowest BCUT2D eigenvalue weighted by Gasteiger charge is -2.17. The largest absolute Gasteiger partial charge is 0.468 e. The molecule has 0 amide bonds. The number of sulfonamides is 1. The van der Waals surface area contributed by atoms with Gasteiger partial charge in [-0.3, -0.25) is 0 Å². The molecule has 2 heterocycles. The summed E-state index contributed by atoms with van der Waals surface area (Å²) in [6.07, 6.45) is 1.54. The van der Waals surface area contributed by atoms with Gasteiger partial charge in [0.1, 0.15) is 10.7 Å². The molecule has 2 aromatic heterocycles. The van der Waals surface area contributed by atoms with E-state index in [-0.39, 0.29) is 6.54 Å². The average Bonchev–Trinajstić information content (AvgIpc) is 3.06. The van der Waals surface area contributed by atoms with Gasteiger partial charge in [-0.1, -0.05) is 6.92 Å². The SMILES string of the molecule is CCNCc1scc(C)c1S(=O)(=O)N(C)Cc1ccco1. The zero-order chi connectivity index (χ0) is 15.5. The van der Waals surface area contributed by atoms with E-state index in [9.17, 15) is 8.42 Å². The zero-order valence-corrected chi connectivity index (χ0v) is 14.1. The highest BCUT2D eigenvalue weighted by molar-refractivity contribution is 7.89. The lowest BCUT2D eigenvalue weighted by Crippen LogP contribution is -2.28. The van der Waals surface area contributed by atoms with Crippen LogP contribution in [0.25, 0.3) is 0 Å². The van der Waals surface area contributed by atoms with Gasteiger partial charge in [-0.2, -0.15) is 4.31 Å². The molecule has 0 aromatic carbocycles. The fourth-order valence-electron chi connectivity index (χ4n) is 2.06. The van der Waals surface area contributed by atoms with Crippen LogP contribution in [0, 0.1) is 6.92 Å². The van der Waals surface area contributed by atoms with Crippen LogP contribution >= 0.6 is 11.3 Å². The Morgan fingerprint density at radius 1 is 1.43 bits per heavy atom. The second-order valence-corrected chi connectivity index (χ2v) is 7.74. The molecule has 0 saturated carbocycles. The van der Waals surface area contributed by atoms with Gasteiger partial charge in [0, 0.05) is 18.5 Å². The lowest BCUT2D eigenvalue weighted by atomic mass is 10.3. The molecule has 5 nitrogen and oxygen atoms in total. The van der Waals surface area contributed by atoms with Crippen molar-refractivity contribution in [2.75, 3.05) is 13.6 Å². The lowest BCUT2D eigenvalue weighted by molar-refractivity contribution is 0.406. The molecule has 2 rings (SSSR count). The molecule has 0 unspecified atom stereocenters. The van der Waals surface area contributed by atoms with E-state index in [1.165, 1.54) is 15.6 Å². The number of thiophene rings is 1. The highest BCUT2D eigenvalue weighted by Crippen LogP contribution is 2.29. The number of hydrogen-bond acceptors (Lipinski definition) is 5. The van der Waals surface area contributed by atoms with Gasteiger partial charge in [-0.15, -0.1) is 11.3 Å². The van der Waals surface area contributed by atoms with E-state index in [1.54, 1.807) is 25.4 Å². The third kappa shape index (κ3) is 3.55. The summed E-state index contributed by atoms with van der Waals surface area (Å²) in [6, 6.07) is 3.52. The number of nitrogens with one attached hydrogen (secondary N) is 1. The first kappa shape index (κ1) is 16.2. The minimum Gasteiger partial charge on any atom is -0.468 e. The molecule has 0 fully saturated rings. The fraction of sp³-hybridized carbons (Fsp3) is 0.429. The Bertz CT molecular complexity index is 675. The highest BCUT2D eigenvalue weighted by Gasteiger charge is 2.27. The quantitative estimate of drug-likeness (QED) is 0.848. The monoisotopic (exact) mass is 328 g/mol. The molecular weight excluding hydrogens is 308 g/mol. The summed E-state index contributed by atoms with van der Waals surface area (Å²) < 4.78 is 32.1. The Kier molecular flexibility index (Phi) is 5.21. The minimum absolute atomic E-state index is 0.227. The van der Waals surface area contributed by atoms with Gasteiger partial charge in [0.15, 0.2) is 0 Å². The molecule has 21 heavy (non-hydrogen) atoms. The molecule has 0 saturated heterocycles. The van der Waals surface area contributed by atoms with Crippen molar-refractivity contribution in [3.63, 3.8) is 0 Å². The molecule has 7 heteroatoms. The van der Waals surface area contributed by atoms with E-state index >= 15 is 0 Å². The van der Waals surface area contributed by atoms with Crippen molar-refractivity contribution in [3.8, 4) is 0 Å². The van der Waals surface area contributed by atoms with Gasteiger partial charge in [-0.25, -0.2) is 8.42 Å². The molecule has 0 atom stereocenters. The first-order valence-corrected chi connectivity index (χ1v) is 9.05. The summed E-state index contributed by atoms with van der Waals surface area (Å²) in [5.74, 6) is 0.627. The van der Waals surface area contributed by atoms with Crippen molar-refractivity contribution in [2.45, 2.75) is 31.8 Å². The van der Waals surface area contributed by atoms with E-state index in [0.717, 1.165) is 17.0 Å². The van der Waals surface area contributed by atoms with Gasteiger partial charge in [0.25, 0.3) is 0 Å². The van der Waals surface area contributed by atoms with Gasteiger partial charge in [-0.05, 0) is 36.5 Å². The first-order chi connectivity index (χ1) is 9.96. The van der Waals surface area contributed by atoms with Gasteiger partial charge >= 0.3 is 0 Å². The van der Waals surface area contributed by atoms with Crippen molar-refractivity contribution in [2.24, 2.45) is 0 Å². The highest BCUT2D eigenvalue weighted by atomic mass is 32.2. The number of hydrogen-bond donors (Lipinski definition) is 1. The molecule has 0 aliphatic rings. The van der Waals surface area contributed by atoms with E-state index < -0.39 is 10.0 Å². The molecule has 0 radical (unpaired) electrons. The third-order valence-electron chi connectivity index (χ3n) is 3.15. The minimum atomic E-state index is -3.52. The second-order valence-electron chi connectivity index (χ2n) is 4.79. The Balaban J connectivity index is 2.28. The molecule has 1 N–H and O–H groups in total. The van der Waals surface area contributed by atoms with Crippen molar-refractivity contribution < 1.29 is 12.8 Å². The van der Waals surface area contributed by atoms with Crippen molar-refractivity contribution in [1.29, 1.82) is 0 Å². The molecule has 116 valence electrons. The molecule has 0 aliphatic carbocycles. The predicted octanol–water partition coefficient (Wildman–Crippen LogP) is 2.58. The van der Waals surface area contributed by atoms with Crippen molar-refractivity contribution in [3.05, 3.63) is 40.0 Å². The Morgan fingerprint density at radius 2 is 2.19 bits per heavy atom. The Hall–Kier alpha value is -1.15. The van der Waals surface area contributed by atoms with Crippen LogP contribution in [0.1, 0.15) is 23.1 Å². The topological polar surface area (TPSA) is 62.6 Å². The zero-order valence-electron chi connectivity index (χ0n) is 12.4. The normalized spacial score (nSPS) is 12.2. The van der Waals surface area contributed by atoms with Crippen LogP contribution in [0.3, 0.4) is 0 Å². The molecular formula is C14H20N2O3S2. The summed E-state index contributed by atoms with van der Waals surface area (Å²) in [6.45, 7) is 5.43. The fourth-order valence-corrected chi connectivity index (χ4v) is 4.92. The molecule has 2 aromatic rings. The van der Waals surface area contributed by atoms with Gasteiger partial charge < -0.3 is 9.73 Å². The van der Waals surface area contributed by atoms with Crippen LogP contribution in [0.5, 0.6) is 0 Å². The maximum absolute atomic E-state index is 12.8. The summed E-state index contributed by atoms with van der Waals surface area (Å²) in [4.78, 5) is 1.27. The number of furan rings is 1. The Morgan fingerprint density at radius 3 is 2.81 bits per heavy atom. The van der Waals surface area contributed by atoms with Crippen LogP contribution in [0.4, 0.5) is 0 Å². The molecule has 0 bridgehead atoms. The number of rotatable bonds is 7. The van der Waals surface area contributed by atoms with Crippen molar-refractivity contribution in [1.82, 2.24) is 9.62 Å². The van der Waals surface area contributed by atoms with E-state index in [1.807, 2.05) is 19.2 Å². The summed E-state index contributed by atoms with van der Waals surface area (Å²) >= 11 is 1.48. The summed E-state index contributed by atoms with van der Waals surface area (Å²) in [5.41, 5.74) is 0.791. The van der Waals surface area contributed by atoms with Crippen LogP contribution in [-0.4, -0.2) is 26.3 Å². The first-order valence-electron chi connectivity index (χ1n) is 6.73. The van der Waals surface area contributed by atoms with Crippen molar-refractivity contribution >= 4 is 21.4 Å². The van der Waals surface area contributed by atoms with Crippen LogP contribution < -0.4 is 5.32 Å². The molecule has 0 spiro atoms. The number of aryl methyl sites for hydroxylation is 1. The average molecular weight is 328 g/mol. The smallest absolute Gasteiger partial charge is 0.244 e. The van der Waals surface area contributed by atoms with E-state index in [4.69, 9.17) is 4.42 Å². The molecule has 0 aliphatic heterocycles. The Labute approximate surface area is 129 Å². The maximum atomic E-state index is 12.8. The standard InChI is InChI=1S/C14H20N2O3S2/c1-4-15-8-13-14(11(2)10-20-13)21(17,18)16(3)9-12-6-5-7-19-12/h5-7,10,15H,4,8-9H2,1-3H3. The van der Waals surface area contributed by atoms with E-state index in [2.05, 4.69) is 5.32 Å². The van der Waals surface area contributed by atoms with Gasteiger partial charge in [0.05, 0.1) is 12.8 Å². The summed E-state index contributed by atoms with van der Waals surface area (Å²) in [7, 11) is -1.94. The summed E-state index contributed by atoms with van der Waals surface area (Å²) in [5, 5.41) is 5.07. The van der Waals surface area contributed by atoms with Gasteiger partial charge in [0.2, 0.25) is 10.0 Å². The predicted molar refractivity (Wildman–Crippen MR) is 83.8 cm³/mol. The second kappa shape index (κ2) is 6.74. The van der Waals surface area contributed by atoms with E-state index in [0.29, 0.717) is 17.2 Å². The van der Waals surface area contributed by atoms with Crippen LogP contribution in [-0.2, 0) is 23.1 Å². The van der Waals surface area contributed by atoms with Crippen LogP contribution in [0.15, 0.2) is 33.1 Å².